The highest BCUT2D eigenvalue weighted by atomic mass is 79.9. The van der Waals surface area contributed by atoms with E-state index in [1.165, 1.54) is 11.8 Å². The molecular formula is C17H17BrN4O3S. The molecule has 7 nitrogen and oxygen atoms in total. The number of fused-ring (bicyclic) bond motifs is 1. The third kappa shape index (κ3) is 3.83. The Kier molecular flexibility index (Phi) is 5.47. The lowest BCUT2D eigenvalue weighted by molar-refractivity contribution is -0.123. The van der Waals surface area contributed by atoms with Gasteiger partial charge in [-0.2, -0.15) is 0 Å². The zero-order valence-corrected chi connectivity index (χ0v) is 16.6. The lowest BCUT2D eigenvalue weighted by Crippen LogP contribution is -2.36. The second-order valence-electron chi connectivity index (χ2n) is 5.82. The Bertz CT molecular complexity index is 944. The smallest absolute Gasteiger partial charge is 0.257 e. The van der Waals surface area contributed by atoms with Crippen LogP contribution in [0.2, 0.25) is 0 Å². The first kappa shape index (κ1) is 18.7. The number of aromatic nitrogens is 2. The van der Waals surface area contributed by atoms with Crippen molar-refractivity contribution < 1.29 is 9.59 Å². The Morgan fingerprint density at radius 3 is 2.88 bits per heavy atom. The highest BCUT2D eigenvalue weighted by Crippen LogP contribution is 2.31. The van der Waals surface area contributed by atoms with Gasteiger partial charge in [-0.15, -0.1) is 0 Å². The average molecular weight is 437 g/mol. The van der Waals surface area contributed by atoms with Gasteiger partial charge in [0.25, 0.3) is 5.56 Å². The van der Waals surface area contributed by atoms with Crippen molar-refractivity contribution in [2.45, 2.75) is 31.3 Å². The fraction of sp³-hybridized carbons (Fsp3) is 0.294. The number of aromatic amines is 1. The molecule has 0 bridgehead atoms. The third-order valence-corrected chi connectivity index (χ3v) is 5.22. The van der Waals surface area contributed by atoms with Crippen LogP contribution < -0.4 is 16.2 Å². The maximum Gasteiger partial charge on any atom is 0.257 e. The van der Waals surface area contributed by atoms with Crippen LogP contribution in [0.4, 0.5) is 11.5 Å². The molecule has 2 heterocycles. The molecule has 1 aromatic heterocycles. The number of aryl methyl sites for hydroxylation is 1. The molecule has 1 aliphatic rings. The number of thioether (sulfide) groups is 1. The molecule has 1 aliphatic heterocycles. The fourth-order valence-electron chi connectivity index (χ4n) is 2.77. The van der Waals surface area contributed by atoms with Crippen LogP contribution in [0.1, 0.15) is 30.4 Å². The van der Waals surface area contributed by atoms with Gasteiger partial charge >= 0.3 is 0 Å². The van der Waals surface area contributed by atoms with Crippen molar-refractivity contribution in [1.82, 2.24) is 9.97 Å². The molecule has 3 rings (SSSR count). The second-order valence-corrected chi connectivity index (χ2v) is 7.99. The van der Waals surface area contributed by atoms with E-state index in [2.05, 4.69) is 36.5 Å². The van der Waals surface area contributed by atoms with E-state index in [0.717, 1.165) is 15.8 Å². The number of halogens is 1. The molecule has 1 aromatic carbocycles. The van der Waals surface area contributed by atoms with Gasteiger partial charge in [-0.3, -0.25) is 14.4 Å². The van der Waals surface area contributed by atoms with Gasteiger partial charge in [-0.1, -0.05) is 34.6 Å². The maximum absolute atomic E-state index is 12.8. The van der Waals surface area contributed by atoms with Gasteiger partial charge in [-0.05, 0) is 36.4 Å². The summed E-state index contributed by atoms with van der Waals surface area (Å²) in [5.74, 6) is -0.750. The van der Waals surface area contributed by atoms with Crippen LogP contribution in [0.25, 0.3) is 0 Å². The largest absolute Gasteiger partial charge is 0.325 e. The van der Waals surface area contributed by atoms with Crippen LogP contribution in [0, 0.1) is 6.92 Å². The minimum absolute atomic E-state index is 0.0978. The quantitative estimate of drug-likeness (QED) is 0.504. The first-order valence-corrected chi connectivity index (χ1v) is 9.80. The number of benzene rings is 1. The van der Waals surface area contributed by atoms with E-state index < -0.39 is 17.4 Å². The van der Waals surface area contributed by atoms with Crippen LogP contribution in [0.5, 0.6) is 0 Å². The van der Waals surface area contributed by atoms with E-state index in [1.807, 2.05) is 26.0 Å². The van der Waals surface area contributed by atoms with Gasteiger partial charge in [0.2, 0.25) is 11.8 Å². The SMILES string of the molecule is CCSc1nc2c(c(=O)[nH]1)[C@H](C(=O)Nc1ccc(Br)cc1C)CC(=O)N2. The Morgan fingerprint density at radius 2 is 2.19 bits per heavy atom. The number of H-pyrrole nitrogens is 1. The molecule has 0 radical (unpaired) electrons. The van der Waals surface area contributed by atoms with Crippen molar-refractivity contribution in [2.24, 2.45) is 0 Å². The number of anilines is 2. The number of hydrogen-bond acceptors (Lipinski definition) is 5. The number of amides is 2. The van der Waals surface area contributed by atoms with E-state index in [-0.39, 0.29) is 23.7 Å². The highest BCUT2D eigenvalue weighted by molar-refractivity contribution is 9.10. The van der Waals surface area contributed by atoms with Crippen LogP contribution in [-0.2, 0) is 9.59 Å². The summed E-state index contributed by atoms with van der Waals surface area (Å²) < 4.78 is 0.900. The van der Waals surface area contributed by atoms with Crippen molar-refractivity contribution in [3.63, 3.8) is 0 Å². The molecule has 1 atom stereocenters. The van der Waals surface area contributed by atoms with Crippen LogP contribution in [-0.4, -0.2) is 27.5 Å². The second kappa shape index (κ2) is 7.63. The van der Waals surface area contributed by atoms with Crippen molar-refractivity contribution in [2.75, 3.05) is 16.4 Å². The molecule has 0 spiro atoms. The normalized spacial score (nSPS) is 16.0. The van der Waals surface area contributed by atoms with Crippen molar-refractivity contribution >= 4 is 51.0 Å². The van der Waals surface area contributed by atoms with E-state index in [9.17, 15) is 14.4 Å². The number of nitrogens with one attached hydrogen (secondary N) is 3. The van der Waals surface area contributed by atoms with Crippen molar-refractivity contribution in [3.05, 3.63) is 44.2 Å². The monoisotopic (exact) mass is 436 g/mol. The molecule has 3 N–H and O–H groups in total. The molecule has 26 heavy (non-hydrogen) atoms. The van der Waals surface area contributed by atoms with Gasteiger partial charge in [0.15, 0.2) is 5.16 Å². The summed E-state index contributed by atoms with van der Waals surface area (Å²) in [5, 5.41) is 5.83. The summed E-state index contributed by atoms with van der Waals surface area (Å²) in [6, 6.07) is 5.46. The Balaban J connectivity index is 1.95. The van der Waals surface area contributed by atoms with Gasteiger partial charge < -0.3 is 15.6 Å². The average Bonchev–Trinajstić information content (AvgIpc) is 2.56. The van der Waals surface area contributed by atoms with Gasteiger partial charge in [0.1, 0.15) is 5.82 Å². The van der Waals surface area contributed by atoms with Crippen molar-refractivity contribution in [1.29, 1.82) is 0 Å². The summed E-state index contributed by atoms with van der Waals surface area (Å²) >= 11 is 4.73. The molecule has 0 aliphatic carbocycles. The van der Waals surface area contributed by atoms with Crippen LogP contribution in [0.3, 0.4) is 0 Å². The first-order valence-electron chi connectivity index (χ1n) is 8.03. The van der Waals surface area contributed by atoms with E-state index in [0.29, 0.717) is 10.8 Å². The summed E-state index contributed by atoms with van der Waals surface area (Å²) in [5.41, 5.74) is 1.29. The zero-order chi connectivity index (χ0) is 18.8. The number of carbonyl (C=O) groups is 2. The first-order chi connectivity index (χ1) is 12.4. The predicted molar refractivity (Wildman–Crippen MR) is 105 cm³/mol. The summed E-state index contributed by atoms with van der Waals surface area (Å²) in [4.78, 5) is 44.3. The Labute approximate surface area is 162 Å². The Morgan fingerprint density at radius 1 is 1.42 bits per heavy atom. The van der Waals surface area contributed by atoms with Gasteiger partial charge in [0, 0.05) is 16.6 Å². The molecule has 136 valence electrons. The fourth-order valence-corrected chi connectivity index (χ4v) is 3.84. The summed E-state index contributed by atoms with van der Waals surface area (Å²) in [7, 11) is 0. The topological polar surface area (TPSA) is 104 Å². The summed E-state index contributed by atoms with van der Waals surface area (Å²) in [6.07, 6.45) is -0.0978. The number of rotatable bonds is 4. The molecule has 9 heteroatoms. The number of hydrogen-bond donors (Lipinski definition) is 3. The maximum atomic E-state index is 12.8. The van der Waals surface area contributed by atoms with Crippen LogP contribution in [0.15, 0.2) is 32.6 Å². The van der Waals surface area contributed by atoms with Crippen LogP contribution >= 0.6 is 27.7 Å². The molecule has 0 unspecified atom stereocenters. The lowest BCUT2D eigenvalue weighted by atomic mass is 9.92. The predicted octanol–water partition coefficient (Wildman–Crippen LogP) is 3.02. The molecular weight excluding hydrogens is 420 g/mol. The van der Waals surface area contributed by atoms with Gasteiger partial charge in [0.05, 0.1) is 11.5 Å². The van der Waals surface area contributed by atoms with Crippen molar-refractivity contribution in [3.8, 4) is 0 Å². The molecule has 0 saturated carbocycles. The van der Waals surface area contributed by atoms with E-state index in [4.69, 9.17) is 0 Å². The van der Waals surface area contributed by atoms with E-state index in [1.54, 1.807) is 6.07 Å². The minimum Gasteiger partial charge on any atom is -0.325 e. The number of carbonyl (C=O) groups excluding carboxylic acids is 2. The standard InChI is InChI=1S/C17H17BrN4O3S/c1-3-26-17-21-14-13(16(25)22-17)10(7-12(23)20-14)15(24)19-11-5-4-9(18)6-8(11)2/h4-6,10H,3,7H2,1-2H3,(H,19,24)(H2,20,21,22,23,25)/t10-/m1/s1. The van der Waals surface area contributed by atoms with Gasteiger partial charge in [-0.25, -0.2) is 4.98 Å². The lowest BCUT2D eigenvalue weighted by Gasteiger charge is -2.23. The summed E-state index contributed by atoms with van der Waals surface area (Å²) in [6.45, 7) is 3.80. The highest BCUT2D eigenvalue weighted by Gasteiger charge is 2.34. The van der Waals surface area contributed by atoms with E-state index >= 15 is 0 Å². The number of nitrogens with zero attached hydrogens (tertiary/aromatic N) is 1. The third-order valence-electron chi connectivity index (χ3n) is 3.97. The minimum atomic E-state index is -0.890. The molecule has 0 fully saturated rings. The molecule has 2 aromatic rings. The Hall–Kier alpha value is -2.13. The molecule has 0 saturated heterocycles. The zero-order valence-electron chi connectivity index (χ0n) is 14.2. The molecule has 2 amide bonds.